The number of benzene rings is 2. The Morgan fingerprint density at radius 2 is 1.55 bits per heavy atom. The van der Waals surface area contributed by atoms with Crippen molar-refractivity contribution in [1.82, 2.24) is 9.80 Å². The Morgan fingerprint density at radius 3 is 2.21 bits per heavy atom. The predicted octanol–water partition coefficient (Wildman–Crippen LogP) is 4.54. The number of likely N-dealkylation sites (tertiary alicyclic amines) is 1. The number of amides is 2. The number of carbonyl (C=O) groups is 2. The van der Waals surface area contributed by atoms with Crippen molar-refractivity contribution in [3.63, 3.8) is 0 Å². The van der Waals surface area contributed by atoms with E-state index in [0.717, 1.165) is 12.8 Å². The van der Waals surface area contributed by atoms with E-state index in [1.807, 2.05) is 21.9 Å². The monoisotopic (exact) mass is 490 g/mol. The molecule has 1 unspecified atom stereocenters. The van der Waals surface area contributed by atoms with Crippen LogP contribution >= 0.6 is 23.2 Å². The molecule has 2 amide bonds. The second-order valence-electron chi connectivity index (χ2n) is 8.75. The Bertz CT molecular complexity index is 961. The molecule has 2 aliphatic rings. The van der Waals surface area contributed by atoms with Gasteiger partial charge in [-0.3, -0.25) is 9.59 Å². The summed E-state index contributed by atoms with van der Waals surface area (Å²) in [4.78, 5) is 30.1. The molecule has 0 aliphatic carbocycles. The molecule has 0 N–H and O–H groups in total. The smallest absolute Gasteiger partial charge is 0.253 e. The lowest BCUT2D eigenvalue weighted by Gasteiger charge is -2.43. The number of ether oxygens (including phenoxy) is 2. The van der Waals surface area contributed by atoms with Gasteiger partial charge in [0.25, 0.3) is 5.91 Å². The van der Waals surface area contributed by atoms with Gasteiger partial charge in [-0.05, 0) is 61.4 Å². The second kappa shape index (κ2) is 10.8. The second-order valence-corrected chi connectivity index (χ2v) is 9.62. The van der Waals surface area contributed by atoms with E-state index in [1.54, 1.807) is 36.4 Å². The molecule has 2 heterocycles. The molecular formula is C25H28Cl2N2O4. The van der Waals surface area contributed by atoms with Crippen molar-refractivity contribution >= 4 is 35.0 Å². The molecule has 0 saturated carbocycles. The van der Waals surface area contributed by atoms with Gasteiger partial charge in [-0.15, -0.1) is 0 Å². The van der Waals surface area contributed by atoms with Gasteiger partial charge in [0.15, 0.2) is 0 Å². The molecule has 2 saturated heterocycles. The van der Waals surface area contributed by atoms with Crippen LogP contribution in [0.15, 0.2) is 48.5 Å². The van der Waals surface area contributed by atoms with Crippen molar-refractivity contribution in [3.05, 3.63) is 64.1 Å². The highest BCUT2D eigenvalue weighted by Crippen LogP contribution is 2.36. The molecule has 0 radical (unpaired) electrons. The van der Waals surface area contributed by atoms with E-state index in [9.17, 15) is 9.59 Å². The van der Waals surface area contributed by atoms with Crippen LogP contribution in [0.4, 0.5) is 0 Å². The number of carbonyl (C=O) groups excluding carboxylic acids is 2. The zero-order chi connectivity index (χ0) is 23.3. The van der Waals surface area contributed by atoms with E-state index < -0.39 is 5.41 Å². The van der Waals surface area contributed by atoms with E-state index >= 15 is 0 Å². The fourth-order valence-electron chi connectivity index (χ4n) is 4.48. The van der Waals surface area contributed by atoms with Crippen molar-refractivity contribution in [1.29, 1.82) is 0 Å². The Balaban J connectivity index is 1.52. The van der Waals surface area contributed by atoms with E-state index in [2.05, 4.69) is 0 Å². The molecule has 176 valence electrons. The molecule has 33 heavy (non-hydrogen) atoms. The van der Waals surface area contributed by atoms with Gasteiger partial charge in [0.05, 0.1) is 19.8 Å². The number of halogens is 2. The Kier molecular flexibility index (Phi) is 7.78. The van der Waals surface area contributed by atoms with Crippen molar-refractivity contribution in [3.8, 4) is 5.75 Å². The third kappa shape index (κ3) is 6.19. The van der Waals surface area contributed by atoms with Crippen LogP contribution in [0.3, 0.4) is 0 Å². The van der Waals surface area contributed by atoms with Crippen LogP contribution in [-0.4, -0.2) is 67.6 Å². The number of hydrogen-bond donors (Lipinski definition) is 0. The van der Waals surface area contributed by atoms with Crippen molar-refractivity contribution < 1.29 is 19.1 Å². The fourth-order valence-corrected chi connectivity index (χ4v) is 4.73. The first-order valence-electron chi connectivity index (χ1n) is 11.2. The quantitative estimate of drug-likeness (QED) is 0.596. The minimum Gasteiger partial charge on any atom is -0.493 e. The molecule has 2 aromatic carbocycles. The number of nitrogens with zero attached hydrogens (tertiary/aromatic N) is 2. The molecular weight excluding hydrogens is 463 g/mol. The lowest BCUT2D eigenvalue weighted by Crippen LogP contribution is -2.52. The Hall–Kier alpha value is -2.28. The third-order valence-corrected chi connectivity index (χ3v) is 6.79. The summed E-state index contributed by atoms with van der Waals surface area (Å²) in [5.41, 5.74) is 0.114. The summed E-state index contributed by atoms with van der Waals surface area (Å²) in [7, 11) is 0. The summed E-state index contributed by atoms with van der Waals surface area (Å²) >= 11 is 12.0. The van der Waals surface area contributed by atoms with Crippen molar-refractivity contribution in [2.45, 2.75) is 19.3 Å². The van der Waals surface area contributed by atoms with Crippen LogP contribution in [0.2, 0.25) is 10.0 Å². The highest BCUT2D eigenvalue weighted by molar-refractivity contribution is 6.30. The highest BCUT2D eigenvalue weighted by Gasteiger charge is 2.41. The summed E-state index contributed by atoms with van der Waals surface area (Å²) in [5.74, 6) is 0.721. The SMILES string of the molecule is O=C(CC1(COc2ccc(Cl)cc2)CCCN(C(=O)c2ccc(Cl)cc2)C1)N1CCOCC1. The lowest BCUT2D eigenvalue weighted by molar-refractivity contribution is -0.139. The van der Waals surface area contributed by atoms with E-state index in [0.29, 0.717) is 73.8 Å². The number of rotatable bonds is 6. The van der Waals surface area contributed by atoms with Crippen LogP contribution in [-0.2, 0) is 9.53 Å². The van der Waals surface area contributed by atoms with Gasteiger partial charge >= 0.3 is 0 Å². The van der Waals surface area contributed by atoms with Crippen LogP contribution in [0.5, 0.6) is 5.75 Å². The molecule has 1 atom stereocenters. The maximum Gasteiger partial charge on any atom is 0.253 e. The third-order valence-electron chi connectivity index (χ3n) is 6.29. The zero-order valence-corrected chi connectivity index (χ0v) is 20.0. The maximum absolute atomic E-state index is 13.2. The first-order valence-corrected chi connectivity index (χ1v) is 12.0. The van der Waals surface area contributed by atoms with Crippen LogP contribution < -0.4 is 4.74 Å². The number of piperidine rings is 1. The molecule has 4 rings (SSSR count). The fraction of sp³-hybridized carbons (Fsp3) is 0.440. The summed E-state index contributed by atoms with van der Waals surface area (Å²) in [6.07, 6.45) is 1.94. The predicted molar refractivity (Wildman–Crippen MR) is 128 cm³/mol. The topological polar surface area (TPSA) is 59.1 Å². The molecule has 0 aromatic heterocycles. The van der Waals surface area contributed by atoms with Crippen molar-refractivity contribution in [2.75, 3.05) is 46.0 Å². The largest absolute Gasteiger partial charge is 0.493 e. The van der Waals surface area contributed by atoms with Gasteiger partial charge in [0.2, 0.25) is 5.91 Å². The van der Waals surface area contributed by atoms with E-state index in [1.165, 1.54) is 0 Å². The summed E-state index contributed by atoms with van der Waals surface area (Å²) in [5, 5.41) is 1.23. The molecule has 2 fully saturated rings. The average Bonchev–Trinajstić information content (AvgIpc) is 2.84. The van der Waals surface area contributed by atoms with Gasteiger partial charge in [-0.2, -0.15) is 0 Å². The Labute approximate surface area is 204 Å². The van der Waals surface area contributed by atoms with Crippen LogP contribution in [0.25, 0.3) is 0 Å². The minimum absolute atomic E-state index is 0.0546. The lowest BCUT2D eigenvalue weighted by atomic mass is 9.77. The minimum atomic E-state index is -0.477. The first kappa shape index (κ1) is 23.9. The first-order chi connectivity index (χ1) is 15.9. The zero-order valence-electron chi connectivity index (χ0n) is 18.5. The van der Waals surface area contributed by atoms with Crippen LogP contribution in [0, 0.1) is 5.41 Å². The molecule has 6 nitrogen and oxygen atoms in total. The number of hydrogen-bond acceptors (Lipinski definition) is 4. The van der Waals surface area contributed by atoms with Crippen LogP contribution in [0.1, 0.15) is 29.6 Å². The Morgan fingerprint density at radius 1 is 0.909 bits per heavy atom. The van der Waals surface area contributed by atoms with Gasteiger partial charge < -0.3 is 19.3 Å². The summed E-state index contributed by atoms with van der Waals surface area (Å²) < 4.78 is 11.5. The molecule has 0 bridgehead atoms. The molecule has 2 aromatic rings. The standard InChI is InChI=1S/C25H28Cl2N2O4/c26-20-4-2-19(3-5-20)24(31)29-11-1-10-25(17-29,16-23(30)28-12-14-32-15-13-28)18-33-22-8-6-21(27)7-9-22/h2-9H,1,10-18H2. The summed E-state index contributed by atoms with van der Waals surface area (Å²) in [6.45, 7) is 3.76. The molecule has 0 spiro atoms. The van der Waals surface area contributed by atoms with Crippen molar-refractivity contribution in [2.24, 2.45) is 5.41 Å². The maximum atomic E-state index is 13.2. The van der Waals surface area contributed by atoms with Gasteiger partial charge in [-0.25, -0.2) is 0 Å². The molecule has 2 aliphatic heterocycles. The van der Waals surface area contributed by atoms with Gasteiger partial charge in [-0.1, -0.05) is 23.2 Å². The molecule has 8 heteroatoms. The van der Waals surface area contributed by atoms with E-state index in [4.69, 9.17) is 32.7 Å². The number of morpholine rings is 1. The average molecular weight is 491 g/mol. The highest BCUT2D eigenvalue weighted by atomic mass is 35.5. The van der Waals surface area contributed by atoms with Gasteiger partial charge in [0, 0.05) is 53.6 Å². The van der Waals surface area contributed by atoms with E-state index in [-0.39, 0.29) is 11.8 Å². The normalized spacial score (nSPS) is 21.0. The van der Waals surface area contributed by atoms with Gasteiger partial charge in [0.1, 0.15) is 5.75 Å². The summed E-state index contributed by atoms with van der Waals surface area (Å²) in [6, 6.07) is 14.1.